The fourth-order valence-electron chi connectivity index (χ4n) is 4.52. The van der Waals surface area contributed by atoms with E-state index in [4.69, 9.17) is 0 Å². The highest BCUT2D eigenvalue weighted by molar-refractivity contribution is 7.42. The molecule has 38 heavy (non-hydrogen) atoms. The summed E-state index contributed by atoms with van der Waals surface area (Å²) in [4.78, 5) is 0. The molecule has 1 heteroatoms. The fraction of sp³-hybridized carbons (Fsp3) is 0.243. The standard InChI is InChI=1S/C37H45P/c1-9-14-19-33-22-23-35(31(13-5)26-30(12-4)32(17-10-2)18-11-3)27-37(33)29(8)36-21-16-15-20-34(36)24-25-38-28(6)7/h9-18,20-21,23-28,33,38H,2,5,8,19,22H2,1,3-4,6-7H3/b14-9?,18-11-,25-24-,30-12+,31-26+,32-17+. The minimum atomic E-state index is 0.392. The van der Waals surface area contributed by atoms with E-state index in [1.807, 2.05) is 25.2 Å². The zero-order valence-electron chi connectivity index (χ0n) is 24.0. The van der Waals surface area contributed by atoms with Crippen LogP contribution >= 0.6 is 8.58 Å². The minimum absolute atomic E-state index is 0.392. The first-order valence-electron chi connectivity index (χ1n) is 13.6. The van der Waals surface area contributed by atoms with Crippen molar-refractivity contribution in [3.05, 3.63) is 156 Å². The molecule has 0 fully saturated rings. The number of allylic oxidation sites excluding steroid dienone is 17. The van der Waals surface area contributed by atoms with Crippen LogP contribution in [0.4, 0.5) is 0 Å². The van der Waals surface area contributed by atoms with E-state index in [2.05, 4.69) is 132 Å². The van der Waals surface area contributed by atoms with Crippen molar-refractivity contribution in [2.24, 2.45) is 5.92 Å². The van der Waals surface area contributed by atoms with Gasteiger partial charge in [-0.1, -0.05) is 139 Å². The Bertz CT molecular complexity index is 1230. The third kappa shape index (κ3) is 8.97. The summed E-state index contributed by atoms with van der Waals surface area (Å²) in [5.74, 6) is 2.70. The van der Waals surface area contributed by atoms with Crippen molar-refractivity contribution in [1.29, 1.82) is 0 Å². The molecule has 0 amide bonds. The van der Waals surface area contributed by atoms with Gasteiger partial charge in [0.2, 0.25) is 0 Å². The van der Waals surface area contributed by atoms with Gasteiger partial charge in [0.15, 0.2) is 0 Å². The van der Waals surface area contributed by atoms with Gasteiger partial charge >= 0.3 is 0 Å². The van der Waals surface area contributed by atoms with Crippen LogP contribution in [0.15, 0.2) is 145 Å². The molecule has 1 aromatic rings. The quantitative estimate of drug-likeness (QED) is 0.138. The van der Waals surface area contributed by atoms with Crippen LogP contribution in [0.2, 0.25) is 0 Å². The lowest BCUT2D eigenvalue weighted by molar-refractivity contribution is 0.641. The van der Waals surface area contributed by atoms with Gasteiger partial charge in [0.05, 0.1) is 0 Å². The molecule has 1 aliphatic rings. The Kier molecular flexibility index (Phi) is 13.5. The predicted molar refractivity (Wildman–Crippen MR) is 177 cm³/mol. The molecule has 0 spiro atoms. The summed E-state index contributed by atoms with van der Waals surface area (Å²) in [5, 5.41) is 0. The van der Waals surface area contributed by atoms with Gasteiger partial charge in [-0.05, 0) is 95.8 Å². The number of rotatable bonds is 13. The van der Waals surface area contributed by atoms with Gasteiger partial charge in [-0.2, -0.15) is 0 Å². The first-order chi connectivity index (χ1) is 18.4. The van der Waals surface area contributed by atoms with Gasteiger partial charge in [0, 0.05) is 0 Å². The van der Waals surface area contributed by atoms with Crippen molar-refractivity contribution < 1.29 is 0 Å². The average Bonchev–Trinajstić information content (AvgIpc) is 2.92. The molecule has 0 nitrogen and oxygen atoms in total. The van der Waals surface area contributed by atoms with Crippen molar-refractivity contribution >= 4 is 20.2 Å². The zero-order valence-corrected chi connectivity index (χ0v) is 25.0. The van der Waals surface area contributed by atoms with Gasteiger partial charge in [0.25, 0.3) is 0 Å². The maximum absolute atomic E-state index is 4.65. The third-order valence-corrected chi connectivity index (χ3v) is 7.53. The molecule has 0 radical (unpaired) electrons. The molecule has 198 valence electrons. The van der Waals surface area contributed by atoms with E-state index in [1.54, 1.807) is 0 Å². The third-order valence-electron chi connectivity index (χ3n) is 6.51. The van der Waals surface area contributed by atoms with Crippen LogP contribution in [0.25, 0.3) is 11.6 Å². The molecule has 0 aromatic heterocycles. The smallest absolute Gasteiger partial charge is 0.00864 e. The van der Waals surface area contributed by atoms with E-state index >= 15 is 0 Å². The summed E-state index contributed by atoms with van der Waals surface area (Å²) < 4.78 is 0. The summed E-state index contributed by atoms with van der Waals surface area (Å²) in [7, 11) is 0.810. The SMILES string of the molecule is C=C/C=C(\C=C/C)C(/C=C(\C=C)C1=CCC(CC=CC)C(C(=C)c2ccccc2/C=C\PC(C)C)=C1)=C/C. The monoisotopic (exact) mass is 520 g/mol. The minimum Gasteiger partial charge on any atom is -0.0990 e. The number of hydrogen-bond acceptors (Lipinski definition) is 0. The second-order valence-corrected chi connectivity index (χ2v) is 11.4. The molecule has 2 rings (SSSR count). The molecule has 0 aliphatic heterocycles. The Labute approximate surface area is 234 Å². The van der Waals surface area contributed by atoms with Crippen LogP contribution in [0, 0.1) is 5.92 Å². The fourth-order valence-corrected chi connectivity index (χ4v) is 5.18. The Hall–Kier alpha value is -3.21. The summed E-state index contributed by atoms with van der Waals surface area (Å²) in [6.07, 6.45) is 27.7. The van der Waals surface area contributed by atoms with Crippen LogP contribution < -0.4 is 0 Å². The topological polar surface area (TPSA) is 0 Å². The molecule has 0 saturated heterocycles. The lowest BCUT2D eigenvalue weighted by atomic mass is 9.78. The molecule has 2 atom stereocenters. The van der Waals surface area contributed by atoms with Gasteiger partial charge in [0.1, 0.15) is 0 Å². The lowest BCUT2D eigenvalue weighted by Gasteiger charge is -2.26. The second-order valence-electron chi connectivity index (χ2n) is 9.62. The summed E-state index contributed by atoms with van der Waals surface area (Å²) in [6, 6.07) is 8.64. The molecule has 0 saturated carbocycles. The van der Waals surface area contributed by atoms with Crippen LogP contribution in [0.1, 0.15) is 58.6 Å². The molecule has 0 heterocycles. The van der Waals surface area contributed by atoms with Crippen molar-refractivity contribution in [1.82, 2.24) is 0 Å². The predicted octanol–water partition coefficient (Wildman–Crippen LogP) is 11.3. The van der Waals surface area contributed by atoms with Gasteiger partial charge < -0.3 is 0 Å². The molecule has 2 unspecified atom stereocenters. The van der Waals surface area contributed by atoms with E-state index in [1.165, 1.54) is 22.3 Å². The van der Waals surface area contributed by atoms with Crippen LogP contribution in [-0.2, 0) is 0 Å². The molecule has 0 N–H and O–H groups in total. The Balaban J connectivity index is 2.57. The van der Waals surface area contributed by atoms with Crippen LogP contribution in [0.5, 0.6) is 0 Å². The largest absolute Gasteiger partial charge is 0.0990 e. The summed E-state index contributed by atoms with van der Waals surface area (Å²) >= 11 is 0. The molecule has 1 aromatic carbocycles. The van der Waals surface area contributed by atoms with E-state index in [9.17, 15) is 0 Å². The van der Waals surface area contributed by atoms with Crippen molar-refractivity contribution in [3.8, 4) is 0 Å². The Morgan fingerprint density at radius 1 is 1.08 bits per heavy atom. The zero-order chi connectivity index (χ0) is 27.9. The lowest BCUT2D eigenvalue weighted by Crippen LogP contribution is -2.10. The summed E-state index contributed by atoms with van der Waals surface area (Å²) in [5.41, 5.74) is 10.1. The van der Waals surface area contributed by atoms with Crippen molar-refractivity contribution in [3.63, 3.8) is 0 Å². The van der Waals surface area contributed by atoms with Crippen molar-refractivity contribution in [2.75, 3.05) is 0 Å². The van der Waals surface area contributed by atoms with E-state index < -0.39 is 0 Å². The number of benzene rings is 1. The second kappa shape index (κ2) is 16.6. The highest BCUT2D eigenvalue weighted by Gasteiger charge is 2.22. The maximum Gasteiger partial charge on any atom is -0.00864 e. The van der Waals surface area contributed by atoms with Crippen LogP contribution in [0.3, 0.4) is 0 Å². The van der Waals surface area contributed by atoms with E-state index in [0.29, 0.717) is 11.6 Å². The van der Waals surface area contributed by atoms with Gasteiger partial charge in [-0.15, -0.1) is 0 Å². The first-order valence-corrected chi connectivity index (χ1v) is 14.8. The highest BCUT2D eigenvalue weighted by Crippen LogP contribution is 2.39. The molecular weight excluding hydrogens is 475 g/mol. The molecular formula is C37H45P. The van der Waals surface area contributed by atoms with Gasteiger partial charge in [-0.25, -0.2) is 0 Å². The van der Waals surface area contributed by atoms with Crippen molar-refractivity contribution in [2.45, 2.75) is 53.1 Å². The number of hydrogen-bond donors (Lipinski definition) is 0. The summed E-state index contributed by atoms with van der Waals surface area (Å²) in [6.45, 7) is 23.4. The average molecular weight is 521 g/mol. The molecule has 1 aliphatic carbocycles. The van der Waals surface area contributed by atoms with Gasteiger partial charge in [-0.3, -0.25) is 0 Å². The normalized spacial score (nSPS) is 17.7. The van der Waals surface area contributed by atoms with E-state index in [0.717, 1.165) is 43.7 Å². The highest BCUT2D eigenvalue weighted by atomic mass is 31.1. The van der Waals surface area contributed by atoms with E-state index in [-0.39, 0.29) is 0 Å². The first kappa shape index (κ1) is 31.0. The molecule has 0 bridgehead atoms. The maximum atomic E-state index is 4.65. The Morgan fingerprint density at radius 2 is 1.84 bits per heavy atom. The van der Waals surface area contributed by atoms with Crippen LogP contribution in [-0.4, -0.2) is 5.66 Å². The Morgan fingerprint density at radius 3 is 2.47 bits per heavy atom.